The number of pyridine rings is 1. The van der Waals surface area contributed by atoms with E-state index < -0.39 is 12.1 Å². The molecule has 84 valence electrons. The first-order valence-electron chi connectivity index (χ1n) is 4.90. The Morgan fingerprint density at radius 2 is 2.38 bits per heavy atom. The Morgan fingerprint density at radius 3 is 2.94 bits per heavy atom. The van der Waals surface area contributed by atoms with Gasteiger partial charge in [-0.05, 0) is 12.5 Å². The van der Waals surface area contributed by atoms with E-state index in [0.717, 1.165) is 5.01 Å². The summed E-state index contributed by atoms with van der Waals surface area (Å²) in [5.74, 6) is -0.467. The maximum absolute atomic E-state index is 13.4. The summed E-state index contributed by atoms with van der Waals surface area (Å²) in [5.41, 5.74) is 6.22. The number of carbonyl (C=O) groups excluding carboxylic acids is 1. The topological polar surface area (TPSA) is 71.6 Å². The zero-order valence-corrected chi connectivity index (χ0v) is 8.72. The van der Waals surface area contributed by atoms with Crippen LogP contribution in [0.25, 0.3) is 0 Å². The number of nitrogens with zero attached hydrogens (tertiary/aromatic N) is 3. The number of hydrazone groups is 1. The monoisotopic (exact) mass is 222 g/mol. The molecular weight excluding hydrogens is 211 g/mol. The molecule has 1 atom stereocenters. The summed E-state index contributed by atoms with van der Waals surface area (Å²) in [4.78, 5) is 15.5. The molecule has 2 rings (SSSR count). The van der Waals surface area contributed by atoms with Crippen LogP contribution >= 0.6 is 0 Å². The quantitative estimate of drug-likeness (QED) is 0.814. The van der Waals surface area contributed by atoms with Crippen LogP contribution in [0.1, 0.15) is 13.3 Å². The Morgan fingerprint density at radius 1 is 1.62 bits per heavy atom. The van der Waals surface area contributed by atoms with Gasteiger partial charge in [-0.3, -0.25) is 4.79 Å². The van der Waals surface area contributed by atoms with Gasteiger partial charge in [0.1, 0.15) is 0 Å². The summed E-state index contributed by atoms with van der Waals surface area (Å²) in [5, 5.41) is 4.85. The maximum Gasteiger partial charge on any atom is 0.289 e. The summed E-state index contributed by atoms with van der Waals surface area (Å²) in [7, 11) is 0. The highest BCUT2D eigenvalue weighted by Crippen LogP contribution is 2.22. The van der Waals surface area contributed by atoms with Crippen LogP contribution in [0.15, 0.2) is 23.4 Å². The minimum absolute atomic E-state index is 0.217. The molecule has 0 saturated heterocycles. The van der Waals surface area contributed by atoms with Gasteiger partial charge in [0.2, 0.25) is 6.17 Å². The standard InChI is InChI=1S/C10H11FN4O/c1-2-7-9(11)10(16)15(14-7)8-5-6(12)3-4-13-8/h3-5,9H,2H2,1H3,(H2,12,13)/t9-/m1/s1. The van der Waals surface area contributed by atoms with Gasteiger partial charge < -0.3 is 5.73 Å². The van der Waals surface area contributed by atoms with Gasteiger partial charge >= 0.3 is 0 Å². The normalized spacial score (nSPS) is 20.1. The number of rotatable bonds is 2. The third kappa shape index (κ3) is 1.62. The molecule has 0 spiro atoms. The van der Waals surface area contributed by atoms with Crippen molar-refractivity contribution in [3.63, 3.8) is 0 Å². The average molecular weight is 222 g/mol. The first-order valence-corrected chi connectivity index (χ1v) is 4.90. The molecule has 0 fully saturated rings. The second-order valence-corrected chi connectivity index (χ2v) is 3.40. The Hall–Kier alpha value is -1.98. The summed E-state index contributed by atoms with van der Waals surface area (Å²) in [6.07, 6.45) is 0.185. The van der Waals surface area contributed by atoms with Crippen molar-refractivity contribution in [1.82, 2.24) is 4.98 Å². The van der Waals surface area contributed by atoms with Gasteiger partial charge in [0.05, 0.1) is 5.71 Å². The molecular formula is C10H11FN4O. The molecule has 1 aromatic rings. The van der Waals surface area contributed by atoms with Crippen LogP contribution in [-0.4, -0.2) is 22.8 Å². The molecule has 1 aliphatic heterocycles. The van der Waals surface area contributed by atoms with Crippen LogP contribution in [0.2, 0.25) is 0 Å². The number of nitrogen functional groups attached to an aromatic ring is 1. The van der Waals surface area contributed by atoms with Crippen LogP contribution in [0.5, 0.6) is 0 Å². The number of anilines is 2. The van der Waals surface area contributed by atoms with Crippen LogP contribution in [0.4, 0.5) is 15.9 Å². The Kier molecular flexibility index (Phi) is 2.55. The fourth-order valence-corrected chi connectivity index (χ4v) is 1.44. The van der Waals surface area contributed by atoms with E-state index in [-0.39, 0.29) is 11.5 Å². The average Bonchev–Trinajstić information content (AvgIpc) is 2.56. The van der Waals surface area contributed by atoms with Crippen LogP contribution < -0.4 is 10.7 Å². The summed E-state index contributed by atoms with van der Waals surface area (Å²) in [6, 6.07) is 3.06. The zero-order chi connectivity index (χ0) is 11.7. The minimum Gasteiger partial charge on any atom is -0.399 e. The van der Waals surface area contributed by atoms with E-state index in [4.69, 9.17) is 5.73 Å². The van der Waals surface area contributed by atoms with Crippen molar-refractivity contribution in [2.75, 3.05) is 10.7 Å². The smallest absolute Gasteiger partial charge is 0.289 e. The van der Waals surface area contributed by atoms with E-state index in [1.165, 1.54) is 12.3 Å². The molecule has 5 nitrogen and oxygen atoms in total. The Labute approximate surface area is 91.8 Å². The van der Waals surface area contributed by atoms with Gasteiger partial charge in [0.15, 0.2) is 5.82 Å². The highest BCUT2D eigenvalue weighted by molar-refractivity contribution is 6.17. The molecule has 6 heteroatoms. The second kappa shape index (κ2) is 3.88. The molecule has 2 N–H and O–H groups in total. The van der Waals surface area contributed by atoms with Gasteiger partial charge in [-0.2, -0.15) is 10.1 Å². The van der Waals surface area contributed by atoms with Crippen molar-refractivity contribution in [3.8, 4) is 0 Å². The minimum atomic E-state index is -1.66. The number of halogens is 1. The number of hydrogen-bond acceptors (Lipinski definition) is 4. The second-order valence-electron chi connectivity index (χ2n) is 3.40. The molecule has 0 radical (unpaired) electrons. The van der Waals surface area contributed by atoms with E-state index in [0.29, 0.717) is 12.1 Å². The molecule has 1 aliphatic rings. The molecule has 0 saturated carbocycles. The van der Waals surface area contributed by atoms with Gasteiger partial charge in [-0.25, -0.2) is 9.37 Å². The first-order chi connectivity index (χ1) is 7.63. The van der Waals surface area contributed by atoms with Crippen LogP contribution in [0.3, 0.4) is 0 Å². The largest absolute Gasteiger partial charge is 0.399 e. The number of alkyl halides is 1. The highest BCUT2D eigenvalue weighted by Gasteiger charge is 2.36. The van der Waals surface area contributed by atoms with Crippen molar-refractivity contribution in [2.24, 2.45) is 5.10 Å². The lowest BCUT2D eigenvalue weighted by Crippen LogP contribution is -2.29. The molecule has 1 amide bonds. The number of hydrogen-bond donors (Lipinski definition) is 1. The fourth-order valence-electron chi connectivity index (χ4n) is 1.44. The van der Waals surface area contributed by atoms with Gasteiger partial charge in [-0.1, -0.05) is 6.92 Å². The number of aromatic nitrogens is 1. The Bertz CT molecular complexity index is 460. The number of carbonyl (C=O) groups is 1. The van der Waals surface area contributed by atoms with Crippen molar-refractivity contribution in [3.05, 3.63) is 18.3 Å². The fraction of sp³-hybridized carbons (Fsp3) is 0.300. The van der Waals surface area contributed by atoms with E-state index in [1.54, 1.807) is 13.0 Å². The molecule has 0 aromatic carbocycles. The third-order valence-electron chi connectivity index (χ3n) is 2.30. The van der Waals surface area contributed by atoms with Crippen molar-refractivity contribution < 1.29 is 9.18 Å². The SMILES string of the molecule is CCC1=NN(c2cc(N)ccn2)C(=O)[C@@H]1F. The van der Waals surface area contributed by atoms with Crippen LogP contribution in [0, 0.1) is 0 Å². The van der Waals surface area contributed by atoms with Gasteiger partial charge in [0.25, 0.3) is 5.91 Å². The molecule has 0 unspecified atom stereocenters. The van der Waals surface area contributed by atoms with Crippen molar-refractivity contribution in [1.29, 1.82) is 0 Å². The molecule has 1 aromatic heterocycles. The summed E-state index contributed by atoms with van der Waals surface area (Å²) in [6.45, 7) is 1.75. The molecule has 0 aliphatic carbocycles. The van der Waals surface area contributed by atoms with Crippen LogP contribution in [-0.2, 0) is 4.79 Å². The van der Waals surface area contributed by atoms with E-state index in [1.807, 2.05) is 0 Å². The number of nitrogens with two attached hydrogens (primary N) is 1. The van der Waals surface area contributed by atoms with E-state index in [9.17, 15) is 9.18 Å². The lowest BCUT2D eigenvalue weighted by atomic mass is 10.2. The van der Waals surface area contributed by atoms with Crippen molar-refractivity contribution in [2.45, 2.75) is 19.5 Å². The lowest BCUT2D eigenvalue weighted by Gasteiger charge is -2.10. The summed E-state index contributed by atoms with van der Waals surface area (Å²) >= 11 is 0. The van der Waals surface area contributed by atoms with Crippen molar-refractivity contribution >= 4 is 23.1 Å². The van der Waals surface area contributed by atoms with E-state index >= 15 is 0 Å². The molecule has 2 heterocycles. The lowest BCUT2D eigenvalue weighted by molar-refractivity contribution is -0.120. The van der Waals surface area contributed by atoms with E-state index in [2.05, 4.69) is 10.1 Å². The zero-order valence-electron chi connectivity index (χ0n) is 8.72. The molecule has 0 bridgehead atoms. The van der Waals surface area contributed by atoms with Gasteiger partial charge in [-0.15, -0.1) is 0 Å². The highest BCUT2D eigenvalue weighted by atomic mass is 19.1. The van der Waals surface area contributed by atoms with Gasteiger partial charge in [0, 0.05) is 18.0 Å². The predicted molar refractivity (Wildman–Crippen MR) is 58.8 cm³/mol. The first kappa shape index (κ1) is 10.5. The Balaban J connectivity index is 2.36. The number of amides is 1. The predicted octanol–water partition coefficient (Wildman–Crippen LogP) is 1.11. The summed E-state index contributed by atoms with van der Waals surface area (Å²) < 4.78 is 13.4. The third-order valence-corrected chi connectivity index (χ3v) is 2.30. The maximum atomic E-state index is 13.4. The molecule has 16 heavy (non-hydrogen) atoms.